The van der Waals surface area contributed by atoms with Crippen LogP contribution < -0.4 is 10.5 Å². The number of fused-ring (bicyclic) bond motifs is 1. The van der Waals surface area contributed by atoms with Crippen LogP contribution in [0.2, 0.25) is 0 Å². The second-order valence-electron chi connectivity index (χ2n) is 11.7. The lowest BCUT2D eigenvalue weighted by Crippen LogP contribution is -2.59. The summed E-state index contributed by atoms with van der Waals surface area (Å²) in [5.74, 6) is 0.176. The number of β-amino-alcohol motifs (C(OH)–C–C–N with tert-alkyl or cyclic N) is 1. The molecule has 2 aromatic carbocycles. The molecule has 0 bridgehead atoms. The SMILES string of the molecule is CC(C)(C=C(C#N)C(=O)N1CCC[C@@H]1Cn1nc(-c2ccc(Oc3ccccc3)cc2F)c2c(N)ncnc21)N1CC(O)C1. The Bertz CT molecular complexity index is 1780. The lowest BCUT2D eigenvalue weighted by molar-refractivity contribution is -0.127. The number of hydrogen-bond donors (Lipinski definition) is 2. The number of hydrogen-bond acceptors (Lipinski definition) is 9. The first-order valence-corrected chi connectivity index (χ1v) is 14.5. The van der Waals surface area contributed by atoms with E-state index in [2.05, 4.69) is 16.0 Å². The third-order valence-electron chi connectivity index (χ3n) is 8.28. The van der Waals surface area contributed by atoms with Gasteiger partial charge in [-0.2, -0.15) is 10.4 Å². The molecule has 2 fully saturated rings. The number of aromatic nitrogens is 4. The molecule has 0 radical (unpaired) electrons. The molecule has 2 aliphatic heterocycles. The van der Waals surface area contributed by atoms with Crippen LogP contribution in [0.1, 0.15) is 26.7 Å². The number of nitrogens with zero attached hydrogens (tertiary/aromatic N) is 7. The second kappa shape index (κ2) is 11.7. The van der Waals surface area contributed by atoms with E-state index < -0.39 is 17.5 Å². The predicted molar refractivity (Wildman–Crippen MR) is 162 cm³/mol. The minimum Gasteiger partial charge on any atom is -0.457 e. The van der Waals surface area contributed by atoms with Gasteiger partial charge in [-0.3, -0.25) is 9.69 Å². The summed E-state index contributed by atoms with van der Waals surface area (Å²) in [5, 5.41) is 24.8. The molecular weight excluding hydrogens is 563 g/mol. The van der Waals surface area contributed by atoms with Crippen LogP contribution in [0.15, 0.2) is 66.5 Å². The quantitative estimate of drug-likeness (QED) is 0.228. The summed E-state index contributed by atoms with van der Waals surface area (Å²) >= 11 is 0. The van der Waals surface area contributed by atoms with Crippen LogP contribution in [0.25, 0.3) is 22.3 Å². The number of amides is 1. The van der Waals surface area contributed by atoms with Gasteiger partial charge in [0.15, 0.2) is 5.65 Å². The number of carbonyl (C=O) groups is 1. The number of likely N-dealkylation sites (tertiary alicyclic amines) is 2. The fourth-order valence-corrected chi connectivity index (χ4v) is 5.88. The fourth-order valence-electron chi connectivity index (χ4n) is 5.88. The molecule has 6 rings (SSSR count). The van der Waals surface area contributed by atoms with Gasteiger partial charge in [0.05, 0.1) is 24.1 Å². The zero-order valence-electron chi connectivity index (χ0n) is 24.5. The van der Waals surface area contributed by atoms with Crippen molar-refractivity contribution >= 4 is 22.8 Å². The number of para-hydroxylation sites is 1. The van der Waals surface area contributed by atoms with E-state index in [1.165, 1.54) is 12.4 Å². The van der Waals surface area contributed by atoms with Crippen molar-refractivity contribution in [1.29, 1.82) is 5.26 Å². The van der Waals surface area contributed by atoms with Crippen LogP contribution in [-0.4, -0.2) is 77.9 Å². The van der Waals surface area contributed by atoms with E-state index >= 15 is 4.39 Å². The first-order chi connectivity index (χ1) is 21.1. The van der Waals surface area contributed by atoms with Gasteiger partial charge >= 0.3 is 0 Å². The van der Waals surface area contributed by atoms with Gasteiger partial charge in [-0.05, 0) is 57.0 Å². The van der Waals surface area contributed by atoms with Gasteiger partial charge < -0.3 is 20.5 Å². The molecule has 11 nitrogen and oxygen atoms in total. The van der Waals surface area contributed by atoms with Crippen LogP contribution in [0, 0.1) is 17.1 Å². The zero-order chi connectivity index (χ0) is 31.0. The van der Waals surface area contributed by atoms with Crippen LogP contribution in [0.5, 0.6) is 11.5 Å². The van der Waals surface area contributed by atoms with E-state index in [1.807, 2.05) is 36.9 Å². The van der Waals surface area contributed by atoms with E-state index in [0.717, 1.165) is 6.42 Å². The number of nitriles is 1. The molecule has 0 saturated carbocycles. The van der Waals surface area contributed by atoms with Crippen molar-refractivity contribution in [3.05, 3.63) is 72.3 Å². The van der Waals surface area contributed by atoms with Gasteiger partial charge in [-0.15, -0.1) is 0 Å². The molecule has 2 aliphatic rings. The van der Waals surface area contributed by atoms with Crippen molar-refractivity contribution in [3.63, 3.8) is 0 Å². The fraction of sp³-hybridized carbons (Fsp3) is 0.344. The minimum absolute atomic E-state index is 0.0563. The normalized spacial score (nSPS) is 17.9. The molecule has 3 N–H and O–H groups in total. The minimum atomic E-state index is -0.567. The van der Waals surface area contributed by atoms with Crippen molar-refractivity contribution in [1.82, 2.24) is 29.5 Å². The standard InChI is InChI=1S/C32H33FN8O3/c1-32(2,39-17-22(42)18-39)14-20(15-34)31(43)40-12-6-7-21(40)16-41-30-27(29(35)36-19-37-30)28(38-41)25-11-10-24(13-26(25)33)44-23-8-4-3-5-9-23/h3-5,8-11,13-14,19,21-22,42H,6-7,12,16-18H2,1-2H3,(H2,35,36,37)/t21-/m1/s1. The van der Waals surface area contributed by atoms with E-state index in [4.69, 9.17) is 15.6 Å². The Kier molecular flexibility index (Phi) is 7.75. The Labute approximate surface area is 254 Å². The smallest absolute Gasteiger partial charge is 0.264 e. The van der Waals surface area contributed by atoms with Crippen LogP contribution in [0.3, 0.4) is 0 Å². The van der Waals surface area contributed by atoms with Gasteiger partial charge in [0, 0.05) is 36.8 Å². The number of nitrogen functional groups attached to an aromatic ring is 1. The van der Waals surface area contributed by atoms with Crippen molar-refractivity contribution < 1.29 is 19.0 Å². The maximum atomic E-state index is 15.5. The number of halogens is 1. The highest BCUT2D eigenvalue weighted by Gasteiger charge is 2.38. The van der Waals surface area contributed by atoms with Crippen molar-refractivity contribution in [2.45, 2.75) is 50.9 Å². The van der Waals surface area contributed by atoms with E-state index in [-0.39, 0.29) is 41.1 Å². The molecule has 2 aromatic heterocycles. The highest BCUT2D eigenvalue weighted by atomic mass is 19.1. The molecule has 2 saturated heterocycles. The largest absolute Gasteiger partial charge is 0.457 e. The Hall–Kier alpha value is -4.86. The van der Waals surface area contributed by atoms with Crippen molar-refractivity contribution in [2.75, 3.05) is 25.4 Å². The first kappa shape index (κ1) is 29.2. The monoisotopic (exact) mass is 596 g/mol. The lowest BCUT2D eigenvalue weighted by atomic mass is 9.94. The Morgan fingerprint density at radius 2 is 1.98 bits per heavy atom. The van der Waals surface area contributed by atoms with Gasteiger partial charge in [0.2, 0.25) is 0 Å². The molecule has 0 aliphatic carbocycles. The molecule has 226 valence electrons. The summed E-state index contributed by atoms with van der Waals surface area (Å²) in [6, 6.07) is 15.5. The molecule has 44 heavy (non-hydrogen) atoms. The number of carbonyl (C=O) groups excluding carboxylic acids is 1. The van der Waals surface area contributed by atoms with E-state index in [1.54, 1.807) is 39.9 Å². The van der Waals surface area contributed by atoms with Crippen LogP contribution in [-0.2, 0) is 11.3 Å². The second-order valence-corrected chi connectivity index (χ2v) is 11.7. The molecule has 0 unspecified atom stereocenters. The van der Waals surface area contributed by atoms with Gasteiger partial charge in [-0.25, -0.2) is 19.0 Å². The Morgan fingerprint density at radius 3 is 2.68 bits per heavy atom. The highest BCUT2D eigenvalue weighted by Crippen LogP contribution is 2.35. The van der Waals surface area contributed by atoms with Gasteiger partial charge in [-0.1, -0.05) is 18.2 Å². The Morgan fingerprint density at radius 1 is 1.20 bits per heavy atom. The first-order valence-electron chi connectivity index (χ1n) is 14.5. The summed E-state index contributed by atoms with van der Waals surface area (Å²) in [6.07, 6.45) is 4.07. The molecule has 4 aromatic rings. The third-order valence-corrected chi connectivity index (χ3v) is 8.28. The average Bonchev–Trinajstić information content (AvgIpc) is 3.60. The maximum absolute atomic E-state index is 15.5. The Balaban J connectivity index is 1.28. The number of nitrogens with two attached hydrogens (primary N) is 1. The average molecular weight is 597 g/mol. The summed E-state index contributed by atoms with van der Waals surface area (Å²) in [6.45, 7) is 5.59. The molecule has 0 spiro atoms. The van der Waals surface area contributed by atoms with Crippen molar-refractivity contribution in [2.24, 2.45) is 0 Å². The highest BCUT2D eigenvalue weighted by molar-refractivity contribution is 5.99. The number of anilines is 1. The van der Waals surface area contributed by atoms with Crippen LogP contribution >= 0.6 is 0 Å². The maximum Gasteiger partial charge on any atom is 0.264 e. The third kappa shape index (κ3) is 5.59. The van der Waals surface area contributed by atoms with E-state index in [0.29, 0.717) is 48.6 Å². The zero-order valence-corrected chi connectivity index (χ0v) is 24.5. The number of ether oxygens (including phenoxy) is 1. The predicted octanol–water partition coefficient (Wildman–Crippen LogP) is 3.90. The summed E-state index contributed by atoms with van der Waals surface area (Å²) in [5.41, 5.74) is 6.67. The topological polar surface area (TPSA) is 146 Å². The number of benzene rings is 2. The summed E-state index contributed by atoms with van der Waals surface area (Å²) < 4.78 is 22.9. The van der Waals surface area contributed by atoms with E-state index in [9.17, 15) is 15.2 Å². The van der Waals surface area contributed by atoms with Crippen molar-refractivity contribution in [3.8, 4) is 28.8 Å². The molecule has 12 heteroatoms. The number of aliphatic hydroxyl groups excluding tert-OH is 1. The summed E-state index contributed by atoms with van der Waals surface area (Å²) in [7, 11) is 0. The molecular formula is C32H33FN8O3. The number of aliphatic hydroxyl groups is 1. The lowest BCUT2D eigenvalue weighted by Gasteiger charge is -2.46. The van der Waals surface area contributed by atoms with Crippen LogP contribution in [0.4, 0.5) is 10.2 Å². The summed E-state index contributed by atoms with van der Waals surface area (Å²) in [4.78, 5) is 25.9. The molecule has 1 amide bonds. The molecule has 1 atom stereocenters. The van der Waals surface area contributed by atoms with Gasteiger partial charge in [0.25, 0.3) is 5.91 Å². The van der Waals surface area contributed by atoms with Gasteiger partial charge in [0.1, 0.15) is 46.8 Å². The number of rotatable bonds is 8. The molecule has 4 heterocycles.